The van der Waals surface area contributed by atoms with Gasteiger partial charge in [0.05, 0.1) is 19.0 Å². The van der Waals surface area contributed by atoms with Gasteiger partial charge in [-0.1, -0.05) is 12.1 Å². The Morgan fingerprint density at radius 2 is 2.00 bits per heavy atom. The predicted octanol–water partition coefficient (Wildman–Crippen LogP) is 3.18. The lowest BCUT2D eigenvalue weighted by molar-refractivity contribution is 0.412. The summed E-state index contributed by atoms with van der Waals surface area (Å²) in [6.07, 6.45) is 5.94. The van der Waals surface area contributed by atoms with Crippen LogP contribution in [0.25, 0.3) is 0 Å². The van der Waals surface area contributed by atoms with E-state index in [2.05, 4.69) is 33.1 Å². The van der Waals surface area contributed by atoms with Crippen LogP contribution < -0.4 is 9.64 Å². The molecule has 110 valence electrons. The fraction of sp³-hybridized carbons (Fsp3) is 0.412. The first-order valence-corrected chi connectivity index (χ1v) is 7.44. The third kappa shape index (κ3) is 3.15. The minimum absolute atomic E-state index is 0.606. The summed E-state index contributed by atoms with van der Waals surface area (Å²) in [5.41, 5.74) is 2.35. The van der Waals surface area contributed by atoms with Crippen LogP contribution in [0.5, 0.6) is 5.75 Å². The molecule has 2 aromatic rings. The highest BCUT2D eigenvalue weighted by molar-refractivity contribution is 5.38. The highest BCUT2D eigenvalue weighted by Crippen LogP contribution is 2.31. The lowest BCUT2D eigenvalue weighted by Crippen LogP contribution is -2.33. The Balaban J connectivity index is 1.67. The van der Waals surface area contributed by atoms with E-state index in [0.717, 1.165) is 43.2 Å². The second-order valence-electron chi connectivity index (χ2n) is 5.56. The summed E-state index contributed by atoms with van der Waals surface area (Å²) in [7, 11) is 1.72. The van der Waals surface area contributed by atoms with E-state index in [1.807, 2.05) is 19.2 Å². The molecule has 1 aliphatic rings. The summed E-state index contributed by atoms with van der Waals surface area (Å²) in [5, 5.41) is 0. The monoisotopic (exact) mass is 283 g/mol. The number of benzene rings is 1. The maximum Gasteiger partial charge on any atom is 0.147 e. The van der Waals surface area contributed by atoms with E-state index >= 15 is 0 Å². The maximum absolute atomic E-state index is 5.32. The van der Waals surface area contributed by atoms with Crippen LogP contribution in [0.4, 0.5) is 5.82 Å². The highest BCUT2D eigenvalue weighted by Gasteiger charge is 2.21. The standard InChI is InChI=1S/C17H21N3O/c1-13-11-18-12-17(19-13)20-8-6-14(7-9-20)15-4-3-5-16(10-15)21-2/h3-5,10-12,14H,6-9H2,1-2H3. The number of rotatable bonds is 3. The number of hydrogen-bond donors (Lipinski definition) is 0. The van der Waals surface area contributed by atoms with Crippen LogP contribution >= 0.6 is 0 Å². The Bertz CT molecular complexity index is 606. The van der Waals surface area contributed by atoms with Gasteiger partial charge in [-0.3, -0.25) is 4.98 Å². The minimum Gasteiger partial charge on any atom is -0.497 e. The van der Waals surface area contributed by atoms with E-state index in [4.69, 9.17) is 4.74 Å². The average Bonchev–Trinajstić information content (AvgIpc) is 2.55. The molecule has 1 saturated heterocycles. The lowest BCUT2D eigenvalue weighted by atomic mass is 9.89. The number of nitrogens with zero attached hydrogens (tertiary/aromatic N) is 3. The molecule has 4 heteroatoms. The molecule has 2 heterocycles. The van der Waals surface area contributed by atoms with Gasteiger partial charge in [0.25, 0.3) is 0 Å². The van der Waals surface area contributed by atoms with Gasteiger partial charge in [-0.2, -0.15) is 0 Å². The third-order valence-corrected chi connectivity index (χ3v) is 4.13. The molecule has 0 bridgehead atoms. The minimum atomic E-state index is 0.606. The zero-order chi connectivity index (χ0) is 14.7. The second-order valence-corrected chi connectivity index (χ2v) is 5.56. The van der Waals surface area contributed by atoms with Gasteiger partial charge in [0.2, 0.25) is 0 Å². The molecule has 0 spiro atoms. The topological polar surface area (TPSA) is 38.2 Å². The predicted molar refractivity (Wildman–Crippen MR) is 84.0 cm³/mol. The van der Waals surface area contributed by atoms with Crippen molar-refractivity contribution in [3.63, 3.8) is 0 Å². The van der Waals surface area contributed by atoms with Crippen molar-refractivity contribution in [3.8, 4) is 5.75 Å². The van der Waals surface area contributed by atoms with Crippen LogP contribution in [-0.4, -0.2) is 30.2 Å². The van der Waals surface area contributed by atoms with E-state index in [0.29, 0.717) is 5.92 Å². The first-order valence-electron chi connectivity index (χ1n) is 7.44. The first kappa shape index (κ1) is 13.9. The number of piperidine rings is 1. The molecular formula is C17H21N3O. The maximum atomic E-state index is 5.32. The molecule has 21 heavy (non-hydrogen) atoms. The van der Waals surface area contributed by atoms with Crippen molar-refractivity contribution in [1.82, 2.24) is 9.97 Å². The van der Waals surface area contributed by atoms with Crippen LogP contribution in [0.15, 0.2) is 36.7 Å². The van der Waals surface area contributed by atoms with Gasteiger partial charge in [-0.25, -0.2) is 4.98 Å². The Morgan fingerprint density at radius 1 is 1.19 bits per heavy atom. The molecule has 0 aliphatic carbocycles. The van der Waals surface area contributed by atoms with Crippen molar-refractivity contribution < 1.29 is 4.74 Å². The van der Waals surface area contributed by atoms with Gasteiger partial charge in [0, 0.05) is 19.3 Å². The molecule has 4 nitrogen and oxygen atoms in total. The van der Waals surface area contributed by atoms with Crippen LogP contribution in [0.1, 0.15) is 30.0 Å². The van der Waals surface area contributed by atoms with Crippen LogP contribution in [0, 0.1) is 6.92 Å². The summed E-state index contributed by atoms with van der Waals surface area (Å²) < 4.78 is 5.32. The molecule has 0 amide bonds. The SMILES string of the molecule is COc1cccc(C2CCN(c3cncc(C)n3)CC2)c1. The largest absolute Gasteiger partial charge is 0.497 e. The number of hydrogen-bond acceptors (Lipinski definition) is 4. The first-order chi connectivity index (χ1) is 10.3. The highest BCUT2D eigenvalue weighted by atomic mass is 16.5. The van der Waals surface area contributed by atoms with Gasteiger partial charge in [-0.05, 0) is 43.4 Å². The molecule has 3 rings (SSSR count). The Labute approximate surface area is 125 Å². The van der Waals surface area contributed by atoms with Crippen molar-refractivity contribution in [2.45, 2.75) is 25.7 Å². The molecule has 0 atom stereocenters. The van der Waals surface area contributed by atoms with Gasteiger partial charge in [0.1, 0.15) is 11.6 Å². The van der Waals surface area contributed by atoms with Gasteiger partial charge < -0.3 is 9.64 Å². The molecule has 0 unspecified atom stereocenters. The Hall–Kier alpha value is -2.10. The molecule has 0 saturated carbocycles. The third-order valence-electron chi connectivity index (χ3n) is 4.13. The van der Waals surface area contributed by atoms with E-state index in [-0.39, 0.29) is 0 Å². The quantitative estimate of drug-likeness (QED) is 0.867. The van der Waals surface area contributed by atoms with Gasteiger partial charge >= 0.3 is 0 Å². The number of methoxy groups -OCH3 is 1. The normalized spacial score (nSPS) is 16.0. The van der Waals surface area contributed by atoms with Crippen molar-refractivity contribution in [3.05, 3.63) is 47.9 Å². The Kier molecular flexibility index (Phi) is 4.04. The molecular weight excluding hydrogens is 262 g/mol. The Morgan fingerprint density at radius 3 is 2.71 bits per heavy atom. The number of aromatic nitrogens is 2. The molecule has 1 fully saturated rings. The molecule has 1 aromatic heterocycles. The number of ether oxygens (including phenoxy) is 1. The van der Waals surface area contributed by atoms with Crippen LogP contribution in [-0.2, 0) is 0 Å². The molecule has 0 radical (unpaired) electrons. The van der Waals surface area contributed by atoms with Crippen molar-refractivity contribution in [2.75, 3.05) is 25.1 Å². The zero-order valence-electron chi connectivity index (χ0n) is 12.6. The van der Waals surface area contributed by atoms with E-state index in [1.54, 1.807) is 13.3 Å². The van der Waals surface area contributed by atoms with Crippen LogP contribution in [0.3, 0.4) is 0 Å². The summed E-state index contributed by atoms with van der Waals surface area (Å²) in [6, 6.07) is 8.44. The summed E-state index contributed by atoms with van der Waals surface area (Å²) in [4.78, 5) is 11.1. The fourth-order valence-electron chi connectivity index (χ4n) is 2.94. The second kappa shape index (κ2) is 6.12. The van der Waals surface area contributed by atoms with E-state index in [9.17, 15) is 0 Å². The van der Waals surface area contributed by atoms with E-state index in [1.165, 1.54) is 5.56 Å². The lowest BCUT2D eigenvalue weighted by Gasteiger charge is -2.33. The van der Waals surface area contributed by atoms with Gasteiger partial charge in [0.15, 0.2) is 0 Å². The summed E-state index contributed by atoms with van der Waals surface area (Å²) in [5.74, 6) is 2.55. The molecule has 1 aromatic carbocycles. The van der Waals surface area contributed by atoms with Gasteiger partial charge in [-0.15, -0.1) is 0 Å². The zero-order valence-corrected chi connectivity index (χ0v) is 12.6. The van der Waals surface area contributed by atoms with Crippen molar-refractivity contribution in [2.24, 2.45) is 0 Å². The summed E-state index contributed by atoms with van der Waals surface area (Å²) in [6.45, 7) is 4.04. The summed E-state index contributed by atoms with van der Waals surface area (Å²) >= 11 is 0. The average molecular weight is 283 g/mol. The fourth-order valence-corrected chi connectivity index (χ4v) is 2.94. The number of aryl methyl sites for hydroxylation is 1. The molecule has 0 N–H and O–H groups in total. The van der Waals surface area contributed by atoms with Crippen LogP contribution in [0.2, 0.25) is 0 Å². The van der Waals surface area contributed by atoms with Crippen molar-refractivity contribution >= 4 is 5.82 Å². The van der Waals surface area contributed by atoms with E-state index < -0.39 is 0 Å². The number of anilines is 1. The smallest absolute Gasteiger partial charge is 0.147 e. The molecule has 1 aliphatic heterocycles. The van der Waals surface area contributed by atoms with Crippen molar-refractivity contribution in [1.29, 1.82) is 0 Å².